The second kappa shape index (κ2) is 8.18. The summed E-state index contributed by atoms with van der Waals surface area (Å²) in [5.74, 6) is 1.05. The zero-order chi connectivity index (χ0) is 13.3. The molecule has 0 bridgehead atoms. The molecule has 0 atom stereocenters. The van der Waals surface area contributed by atoms with Gasteiger partial charge in [0.15, 0.2) is 0 Å². The predicted molar refractivity (Wildman–Crippen MR) is 79.9 cm³/mol. The van der Waals surface area contributed by atoms with E-state index in [1.807, 2.05) is 7.05 Å². The molecule has 1 aliphatic heterocycles. The van der Waals surface area contributed by atoms with E-state index >= 15 is 0 Å². The number of para-hydroxylation sites is 1. The van der Waals surface area contributed by atoms with Crippen LogP contribution in [-0.2, 0) is 6.42 Å². The van der Waals surface area contributed by atoms with Crippen LogP contribution in [0, 0.1) is 0 Å². The Morgan fingerprint density at radius 3 is 2.79 bits per heavy atom. The van der Waals surface area contributed by atoms with E-state index in [4.69, 9.17) is 4.74 Å². The number of likely N-dealkylation sites (N-methyl/N-ethyl adjacent to an activating group) is 1. The third kappa shape index (κ3) is 4.84. The van der Waals surface area contributed by atoms with Crippen molar-refractivity contribution >= 4 is 0 Å². The highest BCUT2D eigenvalue weighted by Crippen LogP contribution is 2.18. The summed E-state index contributed by atoms with van der Waals surface area (Å²) in [5, 5.41) is 3.19. The summed E-state index contributed by atoms with van der Waals surface area (Å²) in [6, 6.07) is 8.38. The van der Waals surface area contributed by atoms with E-state index in [0.29, 0.717) is 0 Å². The minimum Gasteiger partial charge on any atom is -0.493 e. The molecule has 0 aromatic heterocycles. The van der Waals surface area contributed by atoms with Crippen molar-refractivity contribution in [3.05, 3.63) is 29.8 Å². The molecule has 1 saturated heterocycles. The first-order valence-corrected chi connectivity index (χ1v) is 7.48. The summed E-state index contributed by atoms with van der Waals surface area (Å²) in [6.45, 7) is 5.55. The lowest BCUT2D eigenvalue weighted by atomic mass is 10.1. The first-order chi connectivity index (χ1) is 9.40. The highest BCUT2D eigenvalue weighted by molar-refractivity contribution is 5.33. The first-order valence-electron chi connectivity index (χ1n) is 7.48. The number of hydrogen-bond donors (Lipinski definition) is 1. The summed E-state index contributed by atoms with van der Waals surface area (Å²) >= 11 is 0. The summed E-state index contributed by atoms with van der Waals surface area (Å²) in [6.07, 6.45) is 4.89. The van der Waals surface area contributed by atoms with Gasteiger partial charge in [-0.3, -0.25) is 0 Å². The molecular weight excluding hydrogens is 236 g/mol. The van der Waals surface area contributed by atoms with Gasteiger partial charge in [0, 0.05) is 6.54 Å². The molecule has 2 rings (SSSR count). The number of nitrogens with one attached hydrogen (secondary N) is 1. The normalized spacial score (nSPS) is 15.8. The Balaban J connectivity index is 1.72. The fourth-order valence-electron chi connectivity index (χ4n) is 2.59. The Hall–Kier alpha value is -1.06. The molecule has 19 heavy (non-hydrogen) atoms. The number of nitrogens with zero attached hydrogens (tertiary/aromatic N) is 1. The van der Waals surface area contributed by atoms with Crippen LogP contribution in [0.3, 0.4) is 0 Å². The van der Waals surface area contributed by atoms with Crippen molar-refractivity contribution in [3.63, 3.8) is 0 Å². The Labute approximate surface area is 116 Å². The summed E-state index contributed by atoms with van der Waals surface area (Å²) < 4.78 is 5.94. The Morgan fingerprint density at radius 1 is 1.21 bits per heavy atom. The monoisotopic (exact) mass is 262 g/mol. The highest BCUT2D eigenvalue weighted by Gasteiger charge is 2.10. The lowest BCUT2D eigenvalue weighted by molar-refractivity contribution is 0.262. The van der Waals surface area contributed by atoms with E-state index in [1.165, 1.54) is 38.0 Å². The molecule has 1 aromatic carbocycles. The van der Waals surface area contributed by atoms with Crippen LogP contribution in [-0.4, -0.2) is 44.7 Å². The maximum Gasteiger partial charge on any atom is 0.122 e. The maximum atomic E-state index is 5.94. The van der Waals surface area contributed by atoms with Gasteiger partial charge in [0.1, 0.15) is 5.75 Å². The molecule has 0 spiro atoms. The molecule has 0 aliphatic carbocycles. The lowest BCUT2D eigenvalue weighted by Crippen LogP contribution is -2.22. The molecule has 0 amide bonds. The number of rotatable bonds is 8. The van der Waals surface area contributed by atoms with Crippen LogP contribution in [0.1, 0.15) is 24.8 Å². The predicted octanol–water partition coefficient (Wildman–Crippen LogP) is 2.31. The van der Waals surface area contributed by atoms with Crippen molar-refractivity contribution < 1.29 is 4.74 Å². The molecule has 1 heterocycles. The molecule has 0 saturated carbocycles. The van der Waals surface area contributed by atoms with Crippen molar-refractivity contribution in [2.75, 3.05) is 39.8 Å². The van der Waals surface area contributed by atoms with Gasteiger partial charge in [-0.25, -0.2) is 0 Å². The van der Waals surface area contributed by atoms with Gasteiger partial charge in [0.05, 0.1) is 6.61 Å². The molecule has 1 N–H and O–H groups in total. The van der Waals surface area contributed by atoms with Crippen molar-refractivity contribution in [2.45, 2.75) is 25.7 Å². The van der Waals surface area contributed by atoms with E-state index in [-0.39, 0.29) is 0 Å². The van der Waals surface area contributed by atoms with E-state index in [0.717, 1.165) is 31.7 Å². The van der Waals surface area contributed by atoms with E-state index < -0.39 is 0 Å². The number of ether oxygens (including phenoxy) is 1. The minimum absolute atomic E-state index is 0.826. The second-order valence-corrected chi connectivity index (χ2v) is 5.21. The molecule has 3 nitrogen and oxygen atoms in total. The number of benzene rings is 1. The highest BCUT2D eigenvalue weighted by atomic mass is 16.5. The second-order valence-electron chi connectivity index (χ2n) is 5.21. The molecule has 0 radical (unpaired) electrons. The number of likely N-dealkylation sites (tertiary alicyclic amines) is 1. The largest absolute Gasteiger partial charge is 0.493 e. The van der Waals surface area contributed by atoms with Gasteiger partial charge >= 0.3 is 0 Å². The zero-order valence-corrected chi connectivity index (χ0v) is 12.0. The molecule has 1 aromatic rings. The molecule has 3 heteroatoms. The van der Waals surface area contributed by atoms with Crippen LogP contribution in [0.25, 0.3) is 0 Å². The zero-order valence-electron chi connectivity index (χ0n) is 12.0. The van der Waals surface area contributed by atoms with Crippen molar-refractivity contribution in [1.82, 2.24) is 10.2 Å². The van der Waals surface area contributed by atoms with Gasteiger partial charge in [-0.15, -0.1) is 0 Å². The van der Waals surface area contributed by atoms with Crippen LogP contribution >= 0.6 is 0 Å². The van der Waals surface area contributed by atoms with E-state index in [1.54, 1.807) is 0 Å². The fraction of sp³-hybridized carbons (Fsp3) is 0.625. The van der Waals surface area contributed by atoms with Crippen LogP contribution in [0.2, 0.25) is 0 Å². The van der Waals surface area contributed by atoms with Crippen LogP contribution in [0.15, 0.2) is 24.3 Å². The summed E-state index contributed by atoms with van der Waals surface area (Å²) in [5.41, 5.74) is 1.30. The van der Waals surface area contributed by atoms with E-state index in [2.05, 4.69) is 34.5 Å². The smallest absolute Gasteiger partial charge is 0.122 e. The lowest BCUT2D eigenvalue weighted by Gasteiger charge is -2.15. The van der Waals surface area contributed by atoms with Gasteiger partial charge < -0.3 is 15.0 Å². The van der Waals surface area contributed by atoms with Gasteiger partial charge in [0.25, 0.3) is 0 Å². The third-order valence-corrected chi connectivity index (χ3v) is 3.69. The Kier molecular flexibility index (Phi) is 6.18. The minimum atomic E-state index is 0.826. The molecular formula is C16H26N2O. The molecule has 0 unspecified atom stereocenters. The summed E-state index contributed by atoms with van der Waals surface area (Å²) in [4.78, 5) is 2.54. The van der Waals surface area contributed by atoms with Crippen LogP contribution in [0.4, 0.5) is 0 Å². The van der Waals surface area contributed by atoms with Gasteiger partial charge in [0.2, 0.25) is 0 Å². The average Bonchev–Trinajstić information content (AvgIpc) is 2.95. The Morgan fingerprint density at radius 2 is 2.00 bits per heavy atom. The van der Waals surface area contributed by atoms with Crippen LogP contribution in [0.5, 0.6) is 5.75 Å². The quantitative estimate of drug-likeness (QED) is 0.728. The molecule has 1 aliphatic rings. The Bertz CT molecular complexity index is 362. The first kappa shape index (κ1) is 14.4. The topological polar surface area (TPSA) is 24.5 Å². The molecule has 1 fully saturated rings. The van der Waals surface area contributed by atoms with Crippen LogP contribution < -0.4 is 10.1 Å². The van der Waals surface area contributed by atoms with Gasteiger partial charge in [-0.05, 0) is 64.0 Å². The SMILES string of the molecule is CNCCc1ccccc1OCCCN1CCCC1. The van der Waals surface area contributed by atoms with Crippen molar-refractivity contribution in [1.29, 1.82) is 0 Å². The third-order valence-electron chi connectivity index (χ3n) is 3.69. The fourth-order valence-corrected chi connectivity index (χ4v) is 2.59. The standard InChI is InChI=1S/C16H26N2O/c1-17-10-9-15-7-2-3-8-16(15)19-14-6-13-18-11-4-5-12-18/h2-3,7-8,17H,4-6,9-14H2,1H3. The van der Waals surface area contributed by atoms with E-state index in [9.17, 15) is 0 Å². The average molecular weight is 262 g/mol. The summed E-state index contributed by atoms with van der Waals surface area (Å²) in [7, 11) is 1.99. The number of hydrogen-bond acceptors (Lipinski definition) is 3. The van der Waals surface area contributed by atoms with Crippen molar-refractivity contribution in [3.8, 4) is 5.75 Å². The van der Waals surface area contributed by atoms with Gasteiger partial charge in [-0.1, -0.05) is 18.2 Å². The molecule has 106 valence electrons. The van der Waals surface area contributed by atoms with Gasteiger partial charge in [-0.2, -0.15) is 0 Å². The maximum absolute atomic E-state index is 5.94. The van der Waals surface area contributed by atoms with Crippen molar-refractivity contribution in [2.24, 2.45) is 0 Å².